The molecule has 1 aromatic carbocycles. The van der Waals surface area contributed by atoms with Crippen LogP contribution in [0, 0.1) is 6.92 Å². The summed E-state index contributed by atoms with van der Waals surface area (Å²) in [6, 6.07) is 10.5. The van der Waals surface area contributed by atoms with Gasteiger partial charge in [0.15, 0.2) is 0 Å². The van der Waals surface area contributed by atoms with E-state index in [1.165, 1.54) is 0 Å². The van der Waals surface area contributed by atoms with Gasteiger partial charge in [0.25, 0.3) is 5.91 Å². The molecule has 4 rings (SSSR count). The number of hydrogen-bond acceptors (Lipinski definition) is 4. The number of imidazole rings is 1. The number of piperazine rings is 1. The molecule has 0 radical (unpaired) electrons. The molecule has 0 aliphatic carbocycles. The molecule has 1 saturated heterocycles. The lowest BCUT2D eigenvalue weighted by atomic mass is 10.1. The van der Waals surface area contributed by atoms with Crippen LogP contribution >= 0.6 is 0 Å². The van der Waals surface area contributed by atoms with E-state index in [1.54, 1.807) is 30.0 Å². The fraction of sp³-hybridized carbons (Fsp3) is 0.286. The number of amides is 2. The molecule has 7 heteroatoms. The van der Waals surface area contributed by atoms with E-state index in [0.29, 0.717) is 31.0 Å². The van der Waals surface area contributed by atoms with Gasteiger partial charge in [0.2, 0.25) is 5.91 Å². The van der Waals surface area contributed by atoms with E-state index in [1.807, 2.05) is 41.9 Å². The monoisotopic (exact) mass is 378 g/mol. The van der Waals surface area contributed by atoms with Crippen molar-refractivity contribution in [2.45, 2.75) is 26.5 Å². The highest BCUT2D eigenvalue weighted by Gasteiger charge is 2.29. The van der Waals surface area contributed by atoms with Gasteiger partial charge in [-0.3, -0.25) is 9.59 Å². The third kappa shape index (κ3) is 3.55. The van der Waals surface area contributed by atoms with Crippen LogP contribution in [0.1, 0.15) is 28.5 Å². The molecule has 2 aromatic heterocycles. The molecule has 1 atom stereocenters. The van der Waals surface area contributed by atoms with Crippen molar-refractivity contribution in [3.05, 3.63) is 65.6 Å². The molecular weight excluding hydrogens is 356 g/mol. The molecule has 1 N–H and O–H groups in total. The average molecular weight is 378 g/mol. The number of carbonyl (C=O) groups excluding carboxylic acids is 2. The molecule has 3 heterocycles. The largest absolute Gasteiger partial charge is 0.487 e. The SMILES string of the molecule is Cc1ccc2nc(COc3cccc(C(=O)N4CCNC(=O)C4C)c3)cn2c1. The number of benzene rings is 1. The summed E-state index contributed by atoms with van der Waals surface area (Å²) < 4.78 is 7.82. The number of fused-ring (bicyclic) bond motifs is 1. The minimum absolute atomic E-state index is 0.130. The summed E-state index contributed by atoms with van der Waals surface area (Å²) in [4.78, 5) is 30.8. The zero-order chi connectivity index (χ0) is 19.7. The fourth-order valence-electron chi connectivity index (χ4n) is 3.33. The van der Waals surface area contributed by atoms with Crippen molar-refractivity contribution >= 4 is 17.5 Å². The molecule has 28 heavy (non-hydrogen) atoms. The second-order valence-corrected chi connectivity index (χ2v) is 6.99. The first-order valence-corrected chi connectivity index (χ1v) is 9.27. The Morgan fingerprint density at radius 2 is 2.14 bits per heavy atom. The second-order valence-electron chi connectivity index (χ2n) is 6.99. The smallest absolute Gasteiger partial charge is 0.254 e. The lowest BCUT2D eigenvalue weighted by molar-refractivity contribution is -0.127. The van der Waals surface area contributed by atoms with Crippen LogP contribution in [-0.2, 0) is 11.4 Å². The van der Waals surface area contributed by atoms with Crippen molar-refractivity contribution in [1.82, 2.24) is 19.6 Å². The maximum Gasteiger partial charge on any atom is 0.254 e. The number of aromatic nitrogens is 2. The predicted molar refractivity (Wildman–Crippen MR) is 104 cm³/mol. The Kier molecular flexibility index (Phi) is 4.73. The van der Waals surface area contributed by atoms with Crippen LogP contribution in [-0.4, -0.2) is 45.2 Å². The maximum absolute atomic E-state index is 12.8. The number of nitrogens with zero attached hydrogens (tertiary/aromatic N) is 3. The van der Waals surface area contributed by atoms with E-state index in [4.69, 9.17) is 4.74 Å². The molecule has 1 aliphatic rings. The Bertz CT molecular complexity index is 1040. The Morgan fingerprint density at radius 3 is 3.00 bits per heavy atom. The third-order valence-corrected chi connectivity index (χ3v) is 4.88. The number of pyridine rings is 1. The lowest BCUT2D eigenvalue weighted by Gasteiger charge is -2.32. The molecule has 1 aliphatic heterocycles. The number of ether oxygens (including phenoxy) is 1. The second kappa shape index (κ2) is 7.34. The standard InChI is InChI=1S/C21H22N4O3/c1-14-6-7-19-23-17(12-24(19)11-14)13-28-18-5-3-4-16(10-18)21(27)25-9-8-22-20(26)15(25)2/h3-7,10-12,15H,8-9,13H2,1-2H3,(H,22,26). The number of aryl methyl sites for hydroxylation is 1. The van der Waals surface area contributed by atoms with E-state index in [9.17, 15) is 9.59 Å². The average Bonchev–Trinajstić information content (AvgIpc) is 3.10. The van der Waals surface area contributed by atoms with Gasteiger partial charge in [-0.2, -0.15) is 0 Å². The number of carbonyl (C=O) groups is 2. The normalized spacial score (nSPS) is 16.9. The molecular formula is C21H22N4O3. The molecule has 1 unspecified atom stereocenters. The van der Waals surface area contributed by atoms with Crippen molar-refractivity contribution in [3.8, 4) is 5.75 Å². The molecule has 2 amide bonds. The molecule has 0 saturated carbocycles. The predicted octanol–water partition coefficient (Wildman–Crippen LogP) is 2.18. The molecule has 1 fully saturated rings. The Hall–Kier alpha value is -3.35. The first-order chi connectivity index (χ1) is 13.5. The summed E-state index contributed by atoms with van der Waals surface area (Å²) in [5.41, 5.74) is 3.34. The Balaban J connectivity index is 1.47. The summed E-state index contributed by atoms with van der Waals surface area (Å²) >= 11 is 0. The highest BCUT2D eigenvalue weighted by molar-refractivity contribution is 5.98. The van der Waals surface area contributed by atoms with Crippen LogP contribution < -0.4 is 10.1 Å². The summed E-state index contributed by atoms with van der Waals surface area (Å²) in [7, 11) is 0. The Morgan fingerprint density at radius 1 is 1.29 bits per heavy atom. The zero-order valence-electron chi connectivity index (χ0n) is 15.9. The maximum atomic E-state index is 12.8. The van der Waals surface area contributed by atoms with Crippen LogP contribution in [0.15, 0.2) is 48.8 Å². The zero-order valence-corrected chi connectivity index (χ0v) is 15.9. The van der Waals surface area contributed by atoms with E-state index in [2.05, 4.69) is 10.3 Å². The van der Waals surface area contributed by atoms with Crippen LogP contribution in [0.5, 0.6) is 5.75 Å². The van der Waals surface area contributed by atoms with Gasteiger partial charge in [0, 0.05) is 31.0 Å². The minimum atomic E-state index is -0.479. The van der Waals surface area contributed by atoms with Gasteiger partial charge in [-0.25, -0.2) is 4.98 Å². The van der Waals surface area contributed by atoms with E-state index < -0.39 is 6.04 Å². The molecule has 7 nitrogen and oxygen atoms in total. The van der Waals surface area contributed by atoms with E-state index in [-0.39, 0.29) is 11.8 Å². The first-order valence-electron chi connectivity index (χ1n) is 9.27. The summed E-state index contributed by atoms with van der Waals surface area (Å²) in [6.45, 7) is 5.04. The van der Waals surface area contributed by atoms with Crippen LogP contribution in [0.2, 0.25) is 0 Å². The number of nitrogens with one attached hydrogen (secondary N) is 1. The molecule has 0 bridgehead atoms. The van der Waals surface area contributed by atoms with Crippen LogP contribution in [0.3, 0.4) is 0 Å². The highest BCUT2D eigenvalue weighted by atomic mass is 16.5. The van der Waals surface area contributed by atoms with Gasteiger partial charge in [-0.05, 0) is 43.7 Å². The van der Waals surface area contributed by atoms with Gasteiger partial charge in [-0.1, -0.05) is 12.1 Å². The number of rotatable bonds is 4. The fourth-order valence-corrected chi connectivity index (χ4v) is 3.33. The lowest BCUT2D eigenvalue weighted by Crippen LogP contribution is -2.55. The quantitative estimate of drug-likeness (QED) is 0.755. The molecule has 144 valence electrons. The van der Waals surface area contributed by atoms with Crippen molar-refractivity contribution in [2.24, 2.45) is 0 Å². The topological polar surface area (TPSA) is 75.9 Å². The summed E-state index contributed by atoms with van der Waals surface area (Å²) in [5, 5.41) is 2.77. The van der Waals surface area contributed by atoms with Crippen molar-refractivity contribution in [1.29, 1.82) is 0 Å². The highest BCUT2D eigenvalue weighted by Crippen LogP contribution is 2.18. The number of hydrogen-bond donors (Lipinski definition) is 1. The first kappa shape index (κ1) is 18.0. The third-order valence-electron chi connectivity index (χ3n) is 4.88. The van der Waals surface area contributed by atoms with Crippen LogP contribution in [0.4, 0.5) is 0 Å². The van der Waals surface area contributed by atoms with Gasteiger partial charge in [-0.15, -0.1) is 0 Å². The summed E-state index contributed by atoms with van der Waals surface area (Å²) in [6.07, 6.45) is 3.95. The van der Waals surface area contributed by atoms with Gasteiger partial charge in [0.05, 0.1) is 5.69 Å². The van der Waals surface area contributed by atoms with Crippen molar-refractivity contribution in [3.63, 3.8) is 0 Å². The van der Waals surface area contributed by atoms with Gasteiger partial charge >= 0.3 is 0 Å². The van der Waals surface area contributed by atoms with Crippen molar-refractivity contribution in [2.75, 3.05) is 13.1 Å². The molecule has 3 aromatic rings. The van der Waals surface area contributed by atoms with Gasteiger partial charge in [0.1, 0.15) is 24.0 Å². The Labute approximate surface area is 162 Å². The summed E-state index contributed by atoms with van der Waals surface area (Å²) in [5.74, 6) is 0.290. The van der Waals surface area contributed by atoms with Crippen LogP contribution in [0.25, 0.3) is 5.65 Å². The molecule has 0 spiro atoms. The van der Waals surface area contributed by atoms with E-state index in [0.717, 1.165) is 16.9 Å². The minimum Gasteiger partial charge on any atom is -0.487 e. The van der Waals surface area contributed by atoms with Crippen molar-refractivity contribution < 1.29 is 14.3 Å². The van der Waals surface area contributed by atoms with Gasteiger partial charge < -0.3 is 19.4 Å². The van der Waals surface area contributed by atoms with E-state index >= 15 is 0 Å².